The quantitative estimate of drug-likeness (QED) is 0.734. The Hall–Kier alpha value is -2.95. The number of nitrogens with one attached hydrogen (secondary N) is 2. The molecule has 3 aromatic rings. The highest BCUT2D eigenvalue weighted by Crippen LogP contribution is 2.33. The van der Waals surface area contributed by atoms with Crippen LogP contribution in [-0.4, -0.2) is 16.9 Å². The first kappa shape index (κ1) is 17.5. The van der Waals surface area contributed by atoms with Crippen LogP contribution < -0.4 is 10.9 Å². The average Bonchev–Trinajstić information content (AvgIpc) is 2.68. The summed E-state index contributed by atoms with van der Waals surface area (Å²) in [5.41, 5.74) is 1.57. The van der Waals surface area contributed by atoms with Crippen molar-refractivity contribution in [2.45, 2.75) is 37.6 Å². The van der Waals surface area contributed by atoms with Crippen molar-refractivity contribution in [2.24, 2.45) is 0 Å². The molecule has 1 aliphatic carbocycles. The first-order chi connectivity index (χ1) is 13.1. The molecule has 0 bridgehead atoms. The number of para-hydroxylation sites is 1. The van der Waals surface area contributed by atoms with E-state index in [2.05, 4.69) is 10.3 Å². The molecular weight excluding hydrogens is 343 g/mol. The Labute approximate surface area is 156 Å². The highest BCUT2D eigenvalue weighted by molar-refractivity contribution is 5.97. The van der Waals surface area contributed by atoms with Gasteiger partial charge in [-0.2, -0.15) is 0 Å². The Kier molecular flexibility index (Phi) is 4.75. The molecule has 1 aromatic heterocycles. The molecule has 4 nitrogen and oxygen atoms in total. The molecule has 2 N–H and O–H groups in total. The molecule has 1 heterocycles. The first-order valence-electron chi connectivity index (χ1n) is 9.28. The van der Waals surface area contributed by atoms with Gasteiger partial charge in [0.05, 0.1) is 0 Å². The topological polar surface area (TPSA) is 62.0 Å². The van der Waals surface area contributed by atoms with Crippen LogP contribution in [0.15, 0.2) is 59.4 Å². The van der Waals surface area contributed by atoms with Crippen LogP contribution in [0.2, 0.25) is 0 Å². The van der Waals surface area contributed by atoms with E-state index in [-0.39, 0.29) is 28.9 Å². The van der Waals surface area contributed by atoms with E-state index < -0.39 is 0 Å². The number of pyridine rings is 1. The first-order valence-corrected chi connectivity index (χ1v) is 9.28. The summed E-state index contributed by atoms with van der Waals surface area (Å²) in [7, 11) is 0. The summed E-state index contributed by atoms with van der Waals surface area (Å²) in [4.78, 5) is 27.7. The van der Waals surface area contributed by atoms with Crippen molar-refractivity contribution in [3.8, 4) is 0 Å². The molecular formula is C22H21FN2O2. The standard InChI is InChI=1S/C22H21FN2O2/c23-17-10-8-14(9-11-17)15-5-3-6-18(12-15)24-21(26)19-13-16-4-1-2-7-20(16)25-22(19)27/h1-2,4,7-11,13,15,18H,3,5-6,12H2,(H,24,26)(H,25,27). The summed E-state index contributed by atoms with van der Waals surface area (Å²) in [6.45, 7) is 0. The normalized spacial score (nSPS) is 19.7. The predicted octanol–water partition coefficient (Wildman–Crippen LogP) is 4.12. The number of benzene rings is 2. The second-order valence-corrected chi connectivity index (χ2v) is 7.18. The van der Waals surface area contributed by atoms with Gasteiger partial charge in [0.25, 0.3) is 11.5 Å². The van der Waals surface area contributed by atoms with E-state index >= 15 is 0 Å². The largest absolute Gasteiger partial charge is 0.349 e. The zero-order chi connectivity index (χ0) is 18.8. The van der Waals surface area contributed by atoms with Gasteiger partial charge in [-0.05, 0) is 60.4 Å². The molecule has 27 heavy (non-hydrogen) atoms. The van der Waals surface area contributed by atoms with Crippen LogP contribution in [0, 0.1) is 5.82 Å². The number of hydrogen-bond acceptors (Lipinski definition) is 2. The molecule has 1 amide bonds. The van der Waals surface area contributed by atoms with Crippen LogP contribution in [0.3, 0.4) is 0 Å². The highest BCUT2D eigenvalue weighted by Gasteiger charge is 2.25. The summed E-state index contributed by atoms with van der Waals surface area (Å²) in [5, 5.41) is 3.85. The van der Waals surface area contributed by atoms with Gasteiger partial charge < -0.3 is 10.3 Å². The number of hydrogen-bond donors (Lipinski definition) is 2. The minimum absolute atomic E-state index is 0.00664. The SMILES string of the molecule is O=C(NC1CCCC(c2ccc(F)cc2)C1)c1cc2ccccc2[nH]c1=O. The molecule has 1 aliphatic rings. The van der Waals surface area contributed by atoms with E-state index in [1.54, 1.807) is 6.07 Å². The monoisotopic (exact) mass is 364 g/mol. The third-order valence-electron chi connectivity index (χ3n) is 5.35. The fraction of sp³-hybridized carbons (Fsp3) is 0.273. The van der Waals surface area contributed by atoms with Gasteiger partial charge in [-0.15, -0.1) is 0 Å². The molecule has 2 atom stereocenters. The van der Waals surface area contributed by atoms with E-state index in [1.807, 2.05) is 36.4 Å². The van der Waals surface area contributed by atoms with Crippen molar-refractivity contribution in [3.63, 3.8) is 0 Å². The number of aromatic nitrogens is 1. The Morgan fingerprint density at radius 2 is 1.85 bits per heavy atom. The summed E-state index contributed by atoms with van der Waals surface area (Å²) in [6.07, 6.45) is 3.69. The molecule has 5 heteroatoms. The molecule has 1 fully saturated rings. The number of aromatic amines is 1. The van der Waals surface area contributed by atoms with Gasteiger partial charge in [-0.1, -0.05) is 36.8 Å². The van der Waals surface area contributed by atoms with Crippen molar-refractivity contribution in [1.29, 1.82) is 0 Å². The smallest absolute Gasteiger partial charge is 0.261 e. The van der Waals surface area contributed by atoms with Crippen LogP contribution >= 0.6 is 0 Å². The van der Waals surface area contributed by atoms with Crippen molar-refractivity contribution in [1.82, 2.24) is 10.3 Å². The zero-order valence-electron chi connectivity index (χ0n) is 14.9. The van der Waals surface area contributed by atoms with Crippen LogP contribution in [-0.2, 0) is 0 Å². The lowest BCUT2D eigenvalue weighted by Crippen LogP contribution is -2.40. The number of rotatable bonds is 3. The molecule has 2 unspecified atom stereocenters. The summed E-state index contributed by atoms with van der Waals surface area (Å²) >= 11 is 0. The predicted molar refractivity (Wildman–Crippen MR) is 103 cm³/mol. The van der Waals surface area contributed by atoms with E-state index in [4.69, 9.17) is 0 Å². The lowest BCUT2D eigenvalue weighted by molar-refractivity contribution is 0.0924. The second kappa shape index (κ2) is 7.35. The number of carbonyl (C=O) groups is 1. The number of carbonyl (C=O) groups excluding carboxylic acids is 1. The maximum absolute atomic E-state index is 13.1. The van der Waals surface area contributed by atoms with Crippen LogP contribution in [0.25, 0.3) is 10.9 Å². The Balaban J connectivity index is 1.50. The molecule has 4 rings (SSSR count). The summed E-state index contributed by atoms with van der Waals surface area (Å²) < 4.78 is 13.1. The highest BCUT2D eigenvalue weighted by atomic mass is 19.1. The fourth-order valence-corrected chi connectivity index (χ4v) is 3.94. The van der Waals surface area contributed by atoms with E-state index in [0.717, 1.165) is 36.6 Å². The second-order valence-electron chi connectivity index (χ2n) is 7.18. The lowest BCUT2D eigenvalue weighted by atomic mass is 9.81. The van der Waals surface area contributed by atoms with Gasteiger partial charge in [0.1, 0.15) is 11.4 Å². The van der Waals surface area contributed by atoms with E-state index in [9.17, 15) is 14.0 Å². The van der Waals surface area contributed by atoms with Gasteiger partial charge in [0.15, 0.2) is 0 Å². The number of amides is 1. The molecule has 0 spiro atoms. The minimum atomic E-state index is -0.378. The number of fused-ring (bicyclic) bond motifs is 1. The van der Waals surface area contributed by atoms with Crippen LogP contribution in [0.4, 0.5) is 4.39 Å². The maximum Gasteiger partial charge on any atom is 0.261 e. The van der Waals surface area contributed by atoms with Crippen molar-refractivity contribution in [2.75, 3.05) is 0 Å². The fourth-order valence-electron chi connectivity index (χ4n) is 3.94. The van der Waals surface area contributed by atoms with Crippen molar-refractivity contribution < 1.29 is 9.18 Å². The number of H-pyrrole nitrogens is 1. The molecule has 138 valence electrons. The molecule has 0 aliphatic heterocycles. The third-order valence-corrected chi connectivity index (χ3v) is 5.35. The van der Waals surface area contributed by atoms with Crippen LogP contribution in [0.1, 0.15) is 47.5 Å². The van der Waals surface area contributed by atoms with Gasteiger partial charge >= 0.3 is 0 Å². The molecule has 1 saturated carbocycles. The van der Waals surface area contributed by atoms with Gasteiger partial charge in [-0.3, -0.25) is 9.59 Å². The third kappa shape index (κ3) is 3.77. The number of halogens is 1. The Bertz CT molecular complexity index is 1030. The lowest BCUT2D eigenvalue weighted by Gasteiger charge is -2.30. The van der Waals surface area contributed by atoms with E-state index in [1.165, 1.54) is 12.1 Å². The van der Waals surface area contributed by atoms with Gasteiger partial charge in [-0.25, -0.2) is 4.39 Å². The molecule has 0 saturated heterocycles. The molecule has 0 radical (unpaired) electrons. The van der Waals surface area contributed by atoms with Crippen molar-refractivity contribution in [3.05, 3.63) is 81.9 Å². The van der Waals surface area contributed by atoms with Gasteiger partial charge in [0, 0.05) is 11.6 Å². The Morgan fingerprint density at radius 3 is 2.67 bits per heavy atom. The van der Waals surface area contributed by atoms with Crippen molar-refractivity contribution >= 4 is 16.8 Å². The Morgan fingerprint density at radius 1 is 1.07 bits per heavy atom. The zero-order valence-corrected chi connectivity index (χ0v) is 14.9. The van der Waals surface area contributed by atoms with Gasteiger partial charge in [0.2, 0.25) is 0 Å². The summed E-state index contributed by atoms with van der Waals surface area (Å²) in [6, 6.07) is 15.6. The summed E-state index contributed by atoms with van der Waals surface area (Å²) in [5.74, 6) is -0.291. The molecule has 2 aromatic carbocycles. The maximum atomic E-state index is 13.1. The van der Waals surface area contributed by atoms with E-state index in [0.29, 0.717) is 11.4 Å². The van der Waals surface area contributed by atoms with Crippen LogP contribution in [0.5, 0.6) is 0 Å². The minimum Gasteiger partial charge on any atom is -0.349 e. The average molecular weight is 364 g/mol.